The third kappa shape index (κ3) is 4.80. The summed E-state index contributed by atoms with van der Waals surface area (Å²) in [6.45, 7) is 6.63. The number of hydrogen-bond donors (Lipinski definition) is 2. The number of rotatable bonds is 4. The molecule has 1 aromatic rings. The molecule has 4 amide bonds. The molecule has 3 aliphatic rings. The second-order valence-electron chi connectivity index (χ2n) is 8.37. The first kappa shape index (κ1) is 20.8. The van der Waals surface area contributed by atoms with E-state index in [-0.39, 0.29) is 18.2 Å². The highest BCUT2D eigenvalue weighted by molar-refractivity contribution is 6.05. The summed E-state index contributed by atoms with van der Waals surface area (Å²) in [5, 5.41) is 4.21. The number of hydrazine groups is 1. The Bertz CT molecular complexity index is 782. The number of benzene rings is 1. The van der Waals surface area contributed by atoms with Crippen molar-refractivity contribution >= 4 is 23.5 Å². The SMILES string of the molecule is NN1CCC(CN2CCN(C(=O)c3ccc(N4CCC(=O)NC4=O)cc3)CC2)CC1. The van der Waals surface area contributed by atoms with E-state index in [1.54, 1.807) is 24.3 Å². The molecule has 0 radical (unpaired) electrons. The molecule has 30 heavy (non-hydrogen) atoms. The zero-order valence-corrected chi connectivity index (χ0v) is 17.3. The number of carbonyl (C=O) groups is 3. The number of amides is 4. The molecule has 0 spiro atoms. The largest absolute Gasteiger partial charge is 0.336 e. The number of nitrogens with zero attached hydrogens (tertiary/aromatic N) is 4. The fourth-order valence-electron chi connectivity index (χ4n) is 4.41. The summed E-state index contributed by atoms with van der Waals surface area (Å²) in [5.41, 5.74) is 1.31. The van der Waals surface area contributed by atoms with E-state index in [2.05, 4.69) is 10.2 Å². The van der Waals surface area contributed by atoms with Crippen molar-refractivity contribution in [1.82, 2.24) is 20.1 Å². The molecule has 9 heteroatoms. The van der Waals surface area contributed by atoms with Crippen LogP contribution in [0.4, 0.5) is 10.5 Å². The van der Waals surface area contributed by atoms with Gasteiger partial charge in [-0.15, -0.1) is 0 Å². The molecule has 3 N–H and O–H groups in total. The van der Waals surface area contributed by atoms with Crippen molar-refractivity contribution in [2.45, 2.75) is 19.3 Å². The van der Waals surface area contributed by atoms with Gasteiger partial charge in [-0.2, -0.15) is 0 Å². The number of carbonyl (C=O) groups excluding carboxylic acids is 3. The number of hydrogen-bond acceptors (Lipinski definition) is 6. The van der Waals surface area contributed by atoms with Crippen LogP contribution in [0, 0.1) is 5.92 Å². The highest BCUT2D eigenvalue weighted by atomic mass is 16.2. The number of nitrogens with two attached hydrogens (primary N) is 1. The third-order valence-electron chi connectivity index (χ3n) is 6.30. The van der Waals surface area contributed by atoms with Gasteiger partial charge in [-0.05, 0) is 43.0 Å². The van der Waals surface area contributed by atoms with E-state index < -0.39 is 6.03 Å². The second kappa shape index (κ2) is 9.11. The van der Waals surface area contributed by atoms with Gasteiger partial charge in [0.2, 0.25) is 5.91 Å². The fourth-order valence-corrected chi connectivity index (χ4v) is 4.41. The average molecular weight is 415 g/mol. The van der Waals surface area contributed by atoms with Gasteiger partial charge in [0, 0.05) is 70.0 Å². The standard InChI is InChI=1S/C21H30N6O3/c22-26-8-5-16(6-9-26)15-24-11-13-25(14-12-24)20(29)17-1-3-18(4-2-17)27-10-7-19(28)23-21(27)30/h1-4,16H,5-15,22H2,(H,23,28,30). The van der Waals surface area contributed by atoms with Crippen molar-refractivity contribution in [3.05, 3.63) is 29.8 Å². The Morgan fingerprint density at radius 3 is 2.27 bits per heavy atom. The maximum Gasteiger partial charge on any atom is 0.328 e. The van der Waals surface area contributed by atoms with Gasteiger partial charge in [-0.1, -0.05) is 0 Å². The van der Waals surface area contributed by atoms with Crippen LogP contribution in [0.3, 0.4) is 0 Å². The maximum atomic E-state index is 12.9. The zero-order chi connectivity index (χ0) is 21.1. The number of urea groups is 1. The van der Waals surface area contributed by atoms with E-state index in [9.17, 15) is 14.4 Å². The van der Waals surface area contributed by atoms with Crippen LogP contribution in [0.5, 0.6) is 0 Å². The highest BCUT2D eigenvalue weighted by Crippen LogP contribution is 2.20. The summed E-state index contributed by atoms with van der Waals surface area (Å²) in [6, 6.07) is 6.63. The Morgan fingerprint density at radius 1 is 0.967 bits per heavy atom. The molecule has 9 nitrogen and oxygen atoms in total. The summed E-state index contributed by atoms with van der Waals surface area (Å²) >= 11 is 0. The number of anilines is 1. The second-order valence-corrected chi connectivity index (χ2v) is 8.37. The first-order chi connectivity index (χ1) is 14.5. The van der Waals surface area contributed by atoms with Crippen molar-refractivity contribution < 1.29 is 14.4 Å². The zero-order valence-electron chi connectivity index (χ0n) is 17.3. The molecule has 0 unspecified atom stereocenters. The Balaban J connectivity index is 1.28. The Kier molecular flexibility index (Phi) is 6.31. The number of nitrogens with one attached hydrogen (secondary N) is 1. The predicted octanol–water partition coefficient (Wildman–Crippen LogP) is 0.476. The van der Waals surface area contributed by atoms with Gasteiger partial charge in [-0.3, -0.25) is 30.5 Å². The van der Waals surface area contributed by atoms with Gasteiger partial charge >= 0.3 is 6.03 Å². The van der Waals surface area contributed by atoms with Gasteiger partial charge in [0.25, 0.3) is 5.91 Å². The van der Waals surface area contributed by atoms with Crippen LogP contribution in [-0.2, 0) is 4.79 Å². The van der Waals surface area contributed by atoms with E-state index in [1.807, 2.05) is 9.91 Å². The van der Waals surface area contributed by atoms with E-state index >= 15 is 0 Å². The van der Waals surface area contributed by atoms with Crippen LogP contribution in [-0.4, -0.2) is 85.0 Å². The normalized spacial score (nSPS) is 22.3. The molecule has 3 aliphatic heterocycles. The molecule has 3 saturated heterocycles. The minimum absolute atomic E-state index is 0.0240. The van der Waals surface area contributed by atoms with Gasteiger partial charge in [0.05, 0.1) is 0 Å². The van der Waals surface area contributed by atoms with Crippen LogP contribution in [0.2, 0.25) is 0 Å². The van der Waals surface area contributed by atoms with Crippen molar-refractivity contribution in [2.24, 2.45) is 11.8 Å². The molecule has 1 aromatic carbocycles. The predicted molar refractivity (Wildman–Crippen MR) is 113 cm³/mol. The average Bonchev–Trinajstić information content (AvgIpc) is 2.76. The van der Waals surface area contributed by atoms with E-state index in [1.165, 1.54) is 4.90 Å². The molecule has 0 aromatic heterocycles. The van der Waals surface area contributed by atoms with E-state index in [4.69, 9.17) is 5.84 Å². The van der Waals surface area contributed by atoms with Crippen LogP contribution in [0.15, 0.2) is 24.3 Å². The van der Waals surface area contributed by atoms with Crippen LogP contribution in [0.1, 0.15) is 29.6 Å². The number of piperidine rings is 1. The van der Waals surface area contributed by atoms with Gasteiger partial charge < -0.3 is 4.90 Å². The minimum atomic E-state index is -0.418. The lowest BCUT2D eigenvalue weighted by molar-refractivity contribution is -0.120. The minimum Gasteiger partial charge on any atom is -0.336 e. The third-order valence-corrected chi connectivity index (χ3v) is 6.30. The first-order valence-corrected chi connectivity index (χ1v) is 10.7. The summed E-state index contributed by atoms with van der Waals surface area (Å²) < 4.78 is 0. The molecule has 3 heterocycles. The van der Waals surface area contributed by atoms with Crippen molar-refractivity contribution in [3.63, 3.8) is 0 Å². The summed E-state index contributed by atoms with van der Waals surface area (Å²) in [5.74, 6) is 6.30. The first-order valence-electron chi connectivity index (χ1n) is 10.7. The summed E-state index contributed by atoms with van der Waals surface area (Å²) in [7, 11) is 0. The highest BCUT2D eigenvalue weighted by Gasteiger charge is 2.27. The number of piperazine rings is 1. The van der Waals surface area contributed by atoms with Gasteiger partial charge in [-0.25, -0.2) is 9.80 Å². The molecular formula is C21H30N6O3. The Morgan fingerprint density at radius 2 is 1.63 bits per heavy atom. The molecule has 4 rings (SSSR count). The molecule has 3 fully saturated rings. The maximum absolute atomic E-state index is 12.9. The monoisotopic (exact) mass is 414 g/mol. The smallest absolute Gasteiger partial charge is 0.328 e. The lowest BCUT2D eigenvalue weighted by atomic mass is 9.97. The van der Waals surface area contributed by atoms with Crippen molar-refractivity contribution in [3.8, 4) is 0 Å². The van der Waals surface area contributed by atoms with Crippen LogP contribution < -0.4 is 16.1 Å². The summed E-state index contributed by atoms with van der Waals surface area (Å²) in [4.78, 5) is 42.0. The van der Waals surface area contributed by atoms with Crippen molar-refractivity contribution in [2.75, 3.05) is 57.3 Å². The lowest BCUT2D eigenvalue weighted by Gasteiger charge is -2.38. The molecule has 0 bridgehead atoms. The molecular weight excluding hydrogens is 384 g/mol. The molecule has 0 aliphatic carbocycles. The topological polar surface area (TPSA) is 102 Å². The Hall–Kier alpha value is -2.49. The van der Waals surface area contributed by atoms with E-state index in [0.717, 1.165) is 58.7 Å². The summed E-state index contributed by atoms with van der Waals surface area (Å²) in [6.07, 6.45) is 2.57. The van der Waals surface area contributed by atoms with Crippen LogP contribution in [0.25, 0.3) is 0 Å². The Labute approximate surface area is 176 Å². The fraction of sp³-hybridized carbons (Fsp3) is 0.571. The molecule has 0 atom stereocenters. The quantitative estimate of drug-likeness (QED) is 0.695. The number of imide groups is 1. The van der Waals surface area contributed by atoms with Crippen molar-refractivity contribution in [1.29, 1.82) is 0 Å². The van der Waals surface area contributed by atoms with Gasteiger partial charge in [0.1, 0.15) is 0 Å². The lowest BCUT2D eigenvalue weighted by Crippen LogP contribution is -2.51. The van der Waals surface area contributed by atoms with E-state index in [0.29, 0.717) is 23.7 Å². The van der Waals surface area contributed by atoms with Gasteiger partial charge in [0.15, 0.2) is 0 Å². The molecule has 162 valence electrons. The van der Waals surface area contributed by atoms with Crippen LogP contribution >= 0.6 is 0 Å². The molecule has 0 saturated carbocycles.